The van der Waals surface area contributed by atoms with Gasteiger partial charge in [0, 0.05) is 19.0 Å². The standard InChI is InChI=1S/C15H22N2O2.ClH/c18-15(11-14-7-4-8-16-14)17-9-10-19-12-13-5-2-1-3-6-13;/h1-3,5-6,14,16H,4,7-12H2,(H,17,18);1H. The average molecular weight is 299 g/mol. The third-order valence-corrected chi connectivity index (χ3v) is 3.27. The lowest BCUT2D eigenvalue weighted by Crippen LogP contribution is -2.33. The van der Waals surface area contributed by atoms with Gasteiger partial charge in [0.25, 0.3) is 0 Å². The molecular weight excluding hydrogens is 276 g/mol. The minimum absolute atomic E-state index is 0. The van der Waals surface area contributed by atoms with Gasteiger partial charge in [0.2, 0.25) is 5.91 Å². The highest BCUT2D eigenvalue weighted by Crippen LogP contribution is 2.08. The summed E-state index contributed by atoms with van der Waals surface area (Å²) in [6.07, 6.45) is 2.87. The van der Waals surface area contributed by atoms with Crippen LogP contribution in [-0.2, 0) is 16.1 Å². The second kappa shape index (κ2) is 9.75. The fraction of sp³-hybridized carbons (Fsp3) is 0.533. The maximum atomic E-state index is 11.6. The van der Waals surface area contributed by atoms with Crippen molar-refractivity contribution in [3.8, 4) is 0 Å². The molecule has 0 bridgehead atoms. The van der Waals surface area contributed by atoms with Gasteiger partial charge in [-0.3, -0.25) is 4.79 Å². The van der Waals surface area contributed by atoms with E-state index in [2.05, 4.69) is 10.6 Å². The highest BCUT2D eigenvalue weighted by molar-refractivity contribution is 5.85. The number of rotatable bonds is 7. The number of halogens is 1. The van der Waals surface area contributed by atoms with Crippen LogP contribution in [0.15, 0.2) is 30.3 Å². The molecule has 0 saturated carbocycles. The molecule has 2 N–H and O–H groups in total. The summed E-state index contributed by atoms with van der Waals surface area (Å²) in [5, 5.41) is 6.21. The number of amides is 1. The van der Waals surface area contributed by atoms with Gasteiger partial charge in [-0.1, -0.05) is 30.3 Å². The Morgan fingerprint density at radius 3 is 2.85 bits per heavy atom. The summed E-state index contributed by atoms with van der Waals surface area (Å²) in [6, 6.07) is 10.4. The van der Waals surface area contributed by atoms with Gasteiger partial charge in [-0.05, 0) is 24.9 Å². The van der Waals surface area contributed by atoms with Crippen molar-refractivity contribution >= 4 is 18.3 Å². The normalized spacial score (nSPS) is 17.5. The Morgan fingerprint density at radius 1 is 1.35 bits per heavy atom. The zero-order valence-electron chi connectivity index (χ0n) is 11.6. The quantitative estimate of drug-likeness (QED) is 0.756. The fourth-order valence-electron chi connectivity index (χ4n) is 2.25. The summed E-state index contributed by atoms with van der Waals surface area (Å²) in [5.41, 5.74) is 1.16. The monoisotopic (exact) mass is 298 g/mol. The first-order valence-corrected chi connectivity index (χ1v) is 6.96. The Balaban J connectivity index is 0.00000200. The van der Waals surface area contributed by atoms with Crippen molar-refractivity contribution in [1.82, 2.24) is 10.6 Å². The molecule has 1 aromatic carbocycles. The second-order valence-corrected chi connectivity index (χ2v) is 4.89. The lowest BCUT2D eigenvalue weighted by Gasteiger charge is -2.10. The van der Waals surface area contributed by atoms with Gasteiger partial charge in [-0.15, -0.1) is 12.4 Å². The molecule has 1 amide bonds. The van der Waals surface area contributed by atoms with E-state index in [9.17, 15) is 4.79 Å². The SMILES string of the molecule is Cl.O=C(CC1CCCN1)NCCOCc1ccccc1. The van der Waals surface area contributed by atoms with Gasteiger partial charge < -0.3 is 15.4 Å². The second-order valence-electron chi connectivity index (χ2n) is 4.89. The van der Waals surface area contributed by atoms with Crippen LogP contribution in [0.2, 0.25) is 0 Å². The molecule has 0 aliphatic carbocycles. The molecule has 0 spiro atoms. The first kappa shape index (κ1) is 17.0. The van der Waals surface area contributed by atoms with E-state index in [-0.39, 0.29) is 18.3 Å². The summed E-state index contributed by atoms with van der Waals surface area (Å²) >= 11 is 0. The van der Waals surface area contributed by atoms with Crippen molar-refractivity contribution in [2.75, 3.05) is 19.7 Å². The van der Waals surface area contributed by atoms with Crippen LogP contribution in [0.5, 0.6) is 0 Å². The summed E-state index contributed by atoms with van der Waals surface area (Å²) in [6.45, 7) is 2.77. The van der Waals surface area contributed by atoms with Crippen molar-refractivity contribution in [1.29, 1.82) is 0 Å². The molecule has 4 nitrogen and oxygen atoms in total. The van der Waals surface area contributed by atoms with Crippen LogP contribution in [0.3, 0.4) is 0 Å². The van der Waals surface area contributed by atoms with Crippen molar-refractivity contribution in [3.63, 3.8) is 0 Å². The number of hydrogen-bond donors (Lipinski definition) is 2. The molecule has 1 aromatic rings. The summed E-state index contributed by atoms with van der Waals surface area (Å²) in [5.74, 6) is 0.114. The van der Waals surface area contributed by atoms with Crippen molar-refractivity contribution in [2.24, 2.45) is 0 Å². The maximum absolute atomic E-state index is 11.6. The Labute approximate surface area is 126 Å². The molecule has 0 aromatic heterocycles. The van der Waals surface area contributed by atoms with E-state index in [4.69, 9.17) is 4.74 Å². The smallest absolute Gasteiger partial charge is 0.221 e. The van der Waals surface area contributed by atoms with Crippen molar-refractivity contribution in [2.45, 2.75) is 31.9 Å². The molecule has 1 aliphatic rings. The minimum atomic E-state index is 0. The average Bonchev–Trinajstić information content (AvgIpc) is 2.92. The zero-order valence-corrected chi connectivity index (χ0v) is 12.5. The van der Waals surface area contributed by atoms with E-state index in [0.717, 1.165) is 18.5 Å². The Kier molecular flexibility index (Phi) is 8.26. The van der Waals surface area contributed by atoms with E-state index >= 15 is 0 Å². The van der Waals surface area contributed by atoms with Crippen LogP contribution >= 0.6 is 12.4 Å². The predicted octanol–water partition coefficient (Wildman–Crippen LogP) is 1.88. The summed E-state index contributed by atoms with van der Waals surface area (Å²) in [7, 11) is 0. The maximum Gasteiger partial charge on any atom is 0.221 e. The molecular formula is C15H23ClN2O2. The van der Waals surface area contributed by atoms with Crippen molar-refractivity contribution in [3.05, 3.63) is 35.9 Å². The van der Waals surface area contributed by atoms with Crippen LogP contribution in [-0.4, -0.2) is 31.6 Å². The van der Waals surface area contributed by atoms with Gasteiger partial charge in [0.15, 0.2) is 0 Å². The molecule has 1 unspecified atom stereocenters. The topological polar surface area (TPSA) is 50.4 Å². The number of benzene rings is 1. The zero-order chi connectivity index (χ0) is 13.3. The molecule has 0 radical (unpaired) electrons. The first-order chi connectivity index (χ1) is 9.34. The van der Waals surface area contributed by atoms with Crippen LogP contribution in [0.25, 0.3) is 0 Å². The number of carbonyl (C=O) groups excluding carboxylic acids is 1. The van der Waals surface area contributed by atoms with Gasteiger partial charge in [-0.25, -0.2) is 0 Å². The highest BCUT2D eigenvalue weighted by Gasteiger charge is 2.16. The summed E-state index contributed by atoms with van der Waals surface area (Å²) < 4.78 is 5.51. The van der Waals surface area contributed by atoms with Crippen LogP contribution in [0.1, 0.15) is 24.8 Å². The minimum Gasteiger partial charge on any atom is -0.375 e. The van der Waals surface area contributed by atoms with Gasteiger partial charge in [0.1, 0.15) is 0 Å². The third-order valence-electron chi connectivity index (χ3n) is 3.27. The number of carbonyl (C=O) groups is 1. The Morgan fingerprint density at radius 2 is 2.15 bits per heavy atom. The van der Waals surface area contributed by atoms with Crippen molar-refractivity contribution < 1.29 is 9.53 Å². The first-order valence-electron chi connectivity index (χ1n) is 6.96. The van der Waals surface area contributed by atoms with Crippen LogP contribution in [0, 0.1) is 0 Å². The van der Waals surface area contributed by atoms with Crippen LogP contribution < -0.4 is 10.6 Å². The molecule has 1 fully saturated rings. The Hall–Kier alpha value is -1.10. The van der Waals surface area contributed by atoms with E-state index in [1.807, 2.05) is 30.3 Å². The van der Waals surface area contributed by atoms with E-state index in [1.165, 1.54) is 6.42 Å². The number of hydrogen-bond acceptors (Lipinski definition) is 3. The summed E-state index contributed by atoms with van der Waals surface area (Å²) in [4.78, 5) is 11.6. The molecule has 1 aliphatic heterocycles. The molecule has 1 atom stereocenters. The van der Waals surface area contributed by atoms with E-state index in [0.29, 0.717) is 32.2 Å². The van der Waals surface area contributed by atoms with Gasteiger partial charge in [-0.2, -0.15) is 0 Å². The predicted molar refractivity (Wildman–Crippen MR) is 82.0 cm³/mol. The van der Waals surface area contributed by atoms with Crippen LogP contribution in [0.4, 0.5) is 0 Å². The number of nitrogens with one attached hydrogen (secondary N) is 2. The third kappa shape index (κ3) is 6.37. The van der Waals surface area contributed by atoms with Gasteiger partial charge >= 0.3 is 0 Å². The molecule has 20 heavy (non-hydrogen) atoms. The van der Waals surface area contributed by atoms with E-state index < -0.39 is 0 Å². The lowest BCUT2D eigenvalue weighted by molar-refractivity contribution is -0.121. The molecule has 1 heterocycles. The molecule has 2 rings (SSSR count). The van der Waals surface area contributed by atoms with Gasteiger partial charge in [0.05, 0.1) is 13.2 Å². The molecule has 1 saturated heterocycles. The highest BCUT2D eigenvalue weighted by atomic mass is 35.5. The lowest BCUT2D eigenvalue weighted by atomic mass is 10.1. The Bertz CT molecular complexity index is 381. The fourth-order valence-corrected chi connectivity index (χ4v) is 2.25. The van der Waals surface area contributed by atoms with E-state index in [1.54, 1.807) is 0 Å². The largest absolute Gasteiger partial charge is 0.375 e. The number of ether oxygens (including phenoxy) is 1. The molecule has 5 heteroatoms. The molecule has 112 valence electrons.